The van der Waals surface area contributed by atoms with E-state index in [1.54, 1.807) is 0 Å². The lowest BCUT2D eigenvalue weighted by atomic mass is 10.1. The number of hydrogen-bond donors (Lipinski definition) is 1. The van der Waals surface area contributed by atoms with Gasteiger partial charge in [0.15, 0.2) is 0 Å². The average Bonchev–Trinajstić information content (AvgIpc) is 2.51. The van der Waals surface area contributed by atoms with Crippen molar-refractivity contribution in [3.8, 4) is 0 Å². The maximum atomic E-state index is 4.19. The van der Waals surface area contributed by atoms with Crippen molar-refractivity contribution in [1.82, 2.24) is 4.57 Å². The number of aryl methyl sites for hydroxylation is 1. The normalized spacial score (nSPS) is 11.7. The lowest BCUT2D eigenvalue weighted by molar-refractivity contribution is 0.916. The third-order valence-corrected chi connectivity index (χ3v) is 3.05. The highest BCUT2D eigenvalue weighted by molar-refractivity contribution is 7.80. The molecule has 2 rings (SSSR count). The monoisotopic (exact) mass is 217 g/mol. The lowest BCUT2D eigenvalue weighted by Crippen LogP contribution is -1.89. The van der Waals surface area contributed by atoms with Gasteiger partial charge in [0.25, 0.3) is 0 Å². The molecule has 0 spiro atoms. The number of hydrogen-bond acceptors (Lipinski definition) is 1. The van der Waals surface area contributed by atoms with Gasteiger partial charge >= 0.3 is 0 Å². The molecule has 1 aromatic carbocycles. The molecule has 0 N–H and O–H groups in total. The fourth-order valence-corrected chi connectivity index (χ4v) is 2.04. The summed E-state index contributed by atoms with van der Waals surface area (Å²) in [5.41, 5.74) is 3.89. The SMILES string of the molecule is Cc1c(C=CCS)c2ccccc2n1C. The number of aromatic nitrogens is 1. The molecule has 0 unspecified atom stereocenters. The summed E-state index contributed by atoms with van der Waals surface area (Å²) in [6.45, 7) is 2.15. The van der Waals surface area contributed by atoms with Crippen molar-refractivity contribution in [2.45, 2.75) is 6.92 Å². The van der Waals surface area contributed by atoms with Crippen molar-refractivity contribution in [3.63, 3.8) is 0 Å². The molecule has 2 aromatic rings. The minimum Gasteiger partial charge on any atom is -0.347 e. The maximum absolute atomic E-state index is 4.19. The second-order valence-electron chi connectivity index (χ2n) is 3.66. The Balaban J connectivity index is 2.72. The minimum absolute atomic E-state index is 0.780. The Kier molecular flexibility index (Phi) is 2.87. The summed E-state index contributed by atoms with van der Waals surface area (Å²) >= 11 is 4.19. The van der Waals surface area contributed by atoms with E-state index in [-0.39, 0.29) is 0 Å². The zero-order valence-corrected chi connectivity index (χ0v) is 9.96. The van der Waals surface area contributed by atoms with Crippen LogP contribution in [-0.2, 0) is 7.05 Å². The molecule has 78 valence electrons. The van der Waals surface area contributed by atoms with E-state index < -0.39 is 0 Å². The van der Waals surface area contributed by atoms with E-state index in [2.05, 4.69) is 67.6 Å². The van der Waals surface area contributed by atoms with Crippen LogP contribution < -0.4 is 0 Å². The van der Waals surface area contributed by atoms with Crippen molar-refractivity contribution in [1.29, 1.82) is 0 Å². The van der Waals surface area contributed by atoms with Crippen LogP contribution in [0.25, 0.3) is 17.0 Å². The summed E-state index contributed by atoms with van der Waals surface area (Å²) < 4.78 is 2.23. The third-order valence-electron chi connectivity index (χ3n) is 2.84. The lowest BCUT2D eigenvalue weighted by Gasteiger charge is -1.97. The largest absolute Gasteiger partial charge is 0.347 e. The van der Waals surface area contributed by atoms with Crippen LogP contribution in [0.1, 0.15) is 11.3 Å². The first-order valence-corrected chi connectivity index (χ1v) is 5.70. The Hall–Kier alpha value is -1.15. The van der Waals surface area contributed by atoms with Gasteiger partial charge in [-0.05, 0) is 13.0 Å². The Labute approximate surface area is 95.8 Å². The van der Waals surface area contributed by atoms with E-state index in [9.17, 15) is 0 Å². The molecular weight excluding hydrogens is 202 g/mol. The van der Waals surface area contributed by atoms with Gasteiger partial charge in [-0.15, -0.1) is 0 Å². The van der Waals surface area contributed by atoms with Gasteiger partial charge in [0.2, 0.25) is 0 Å². The van der Waals surface area contributed by atoms with Crippen LogP contribution in [0.3, 0.4) is 0 Å². The molecule has 0 radical (unpaired) electrons. The molecule has 0 atom stereocenters. The molecule has 1 nitrogen and oxygen atoms in total. The summed E-state index contributed by atoms with van der Waals surface area (Å²) in [5.74, 6) is 0.780. The van der Waals surface area contributed by atoms with Crippen LogP contribution in [0.4, 0.5) is 0 Å². The zero-order valence-electron chi connectivity index (χ0n) is 9.07. The van der Waals surface area contributed by atoms with Gasteiger partial charge in [-0.1, -0.05) is 30.4 Å². The molecule has 0 saturated heterocycles. The summed E-state index contributed by atoms with van der Waals surface area (Å²) in [4.78, 5) is 0. The number of nitrogens with zero attached hydrogens (tertiary/aromatic N) is 1. The van der Waals surface area contributed by atoms with Crippen LogP contribution in [0.15, 0.2) is 30.3 Å². The van der Waals surface area contributed by atoms with E-state index in [0.717, 1.165) is 5.75 Å². The summed E-state index contributed by atoms with van der Waals surface area (Å²) in [7, 11) is 2.11. The van der Waals surface area contributed by atoms with Crippen LogP contribution in [0.2, 0.25) is 0 Å². The van der Waals surface area contributed by atoms with Crippen LogP contribution in [-0.4, -0.2) is 10.3 Å². The molecule has 0 bridgehead atoms. The molecule has 0 amide bonds. The predicted octanol–water partition coefficient (Wildman–Crippen LogP) is 3.43. The Morgan fingerprint density at radius 3 is 2.80 bits per heavy atom. The van der Waals surface area contributed by atoms with Gasteiger partial charge in [0.05, 0.1) is 0 Å². The second-order valence-corrected chi connectivity index (χ2v) is 4.03. The van der Waals surface area contributed by atoms with E-state index in [0.29, 0.717) is 0 Å². The smallest absolute Gasteiger partial charge is 0.0486 e. The summed E-state index contributed by atoms with van der Waals surface area (Å²) in [5, 5.41) is 1.32. The van der Waals surface area contributed by atoms with Gasteiger partial charge in [-0.25, -0.2) is 0 Å². The van der Waals surface area contributed by atoms with Gasteiger partial charge in [-0.2, -0.15) is 12.6 Å². The highest BCUT2D eigenvalue weighted by Gasteiger charge is 2.07. The van der Waals surface area contributed by atoms with Gasteiger partial charge in [-0.3, -0.25) is 0 Å². The van der Waals surface area contributed by atoms with Crippen LogP contribution in [0, 0.1) is 6.92 Å². The standard InChI is InChI=1S/C13H15NS/c1-10-11(7-5-9-15)12-6-3-4-8-13(12)14(10)2/h3-8,15H,9H2,1-2H3. The zero-order chi connectivity index (χ0) is 10.8. The third kappa shape index (κ3) is 1.70. The molecule has 1 aromatic heterocycles. The van der Waals surface area contributed by atoms with Gasteiger partial charge in [0.1, 0.15) is 0 Å². The van der Waals surface area contributed by atoms with Crippen molar-refractivity contribution >= 4 is 29.6 Å². The highest BCUT2D eigenvalue weighted by Crippen LogP contribution is 2.25. The highest BCUT2D eigenvalue weighted by atomic mass is 32.1. The Morgan fingerprint density at radius 1 is 1.33 bits per heavy atom. The first-order valence-electron chi connectivity index (χ1n) is 5.07. The van der Waals surface area contributed by atoms with Gasteiger partial charge in [0, 0.05) is 35.0 Å². The number of thiol groups is 1. The van der Waals surface area contributed by atoms with Crippen molar-refractivity contribution in [2.24, 2.45) is 7.05 Å². The minimum atomic E-state index is 0.780. The molecule has 1 heterocycles. The molecule has 0 aliphatic carbocycles. The summed E-state index contributed by atoms with van der Waals surface area (Å²) in [6.07, 6.45) is 4.24. The van der Waals surface area contributed by atoms with E-state index in [1.165, 1.54) is 22.2 Å². The molecule has 0 fully saturated rings. The first-order chi connectivity index (χ1) is 7.25. The Bertz CT molecular complexity index is 508. The van der Waals surface area contributed by atoms with E-state index in [4.69, 9.17) is 0 Å². The van der Waals surface area contributed by atoms with Crippen molar-refractivity contribution < 1.29 is 0 Å². The molecule has 0 aliphatic heterocycles. The van der Waals surface area contributed by atoms with Crippen molar-refractivity contribution in [2.75, 3.05) is 5.75 Å². The number of para-hydroxylation sites is 1. The number of rotatable bonds is 2. The first kappa shape index (κ1) is 10.4. The summed E-state index contributed by atoms with van der Waals surface area (Å²) in [6, 6.07) is 8.48. The van der Waals surface area contributed by atoms with E-state index in [1.807, 2.05) is 0 Å². The quantitative estimate of drug-likeness (QED) is 0.735. The predicted molar refractivity (Wildman–Crippen MR) is 70.5 cm³/mol. The van der Waals surface area contributed by atoms with Crippen LogP contribution >= 0.6 is 12.6 Å². The topological polar surface area (TPSA) is 4.93 Å². The number of fused-ring (bicyclic) bond motifs is 1. The van der Waals surface area contributed by atoms with Crippen molar-refractivity contribution in [3.05, 3.63) is 41.6 Å². The molecular formula is C13H15NS. The average molecular weight is 217 g/mol. The van der Waals surface area contributed by atoms with E-state index >= 15 is 0 Å². The van der Waals surface area contributed by atoms with Gasteiger partial charge < -0.3 is 4.57 Å². The Morgan fingerprint density at radius 2 is 2.07 bits per heavy atom. The maximum Gasteiger partial charge on any atom is 0.0486 e. The number of benzene rings is 1. The molecule has 0 aliphatic rings. The molecule has 2 heteroatoms. The molecule has 0 saturated carbocycles. The fourth-order valence-electron chi connectivity index (χ4n) is 1.93. The second kappa shape index (κ2) is 4.15. The molecule has 15 heavy (non-hydrogen) atoms. The fraction of sp³-hybridized carbons (Fsp3) is 0.231. The van der Waals surface area contributed by atoms with Crippen LogP contribution in [0.5, 0.6) is 0 Å².